The molecule has 0 fully saturated rings. The molecule has 0 spiro atoms. The van der Waals surface area contributed by atoms with Gasteiger partial charge in [0.2, 0.25) is 5.91 Å². The number of hydrogen-bond donors (Lipinski definition) is 1. The van der Waals surface area contributed by atoms with E-state index in [1.54, 1.807) is 0 Å². The minimum Gasteiger partial charge on any atom is -0.486 e. The smallest absolute Gasteiger partial charge is 0.233 e. The third-order valence-electron chi connectivity index (χ3n) is 3.57. The molecule has 0 aliphatic carbocycles. The number of hydrogen-bond acceptors (Lipinski definition) is 4. The summed E-state index contributed by atoms with van der Waals surface area (Å²) in [6.07, 6.45) is -0.184. The number of nitrogens with one attached hydrogen (secondary N) is 1. The van der Waals surface area contributed by atoms with Gasteiger partial charge in [0.05, 0.1) is 11.8 Å². The number of amides is 1. The van der Waals surface area contributed by atoms with E-state index in [9.17, 15) is 4.79 Å². The molecule has 0 saturated heterocycles. The van der Waals surface area contributed by atoms with Crippen LogP contribution in [0.25, 0.3) is 0 Å². The molecule has 0 aromatic heterocycles. The number of benzene rings is 2. The highest BCUT2D eigenvalue weighted by Crippen LogP contribution is 2.30. The quantitative estimate of drug-likeness (QED) is 0.821. The van der Waals surface area contributed by atoms with E-state index in [2.05, 4.69) is 5.32 Å². The fraction of sp³-hybridized carbons (Fsp3) is 0.278. The molecule has 0 radical (unpaired) electrons. The number of carbonyl (C=O) groups excluding carboxylic acids is 1. The Morgan fingerprint density at radius 2 is 1.96 bits per heavy atom. The molecule has 2 aromatic carbocycles. The Bertz CT molecular complexity index is 708. The highest BCUT2D eigenvalue weighted by Gasteiger charge is 2.22. The van der Waals surface area contributed by atoms with Gasteiger partial charge in [-0.25, -0.2) is 0 Å². The van der Waals surface area contributed by atoms with Gasteiger partial charge in [-0.2, -0.15) is 0 Å². The summed E-state index contributed by atoms with van der Waals surface area (Å²) < 4.78 is 11.5. The van der Waals surface area contributed by atoms with Crippen LogP contribution < -0.4 is 14.8 Å². The first-order chi connectivity index (χ1) is 11.6. The van der Waals surface area contributed by atoms with Crippen LogP contribution in [0, 0.1) is 0 Å². The van der Waals surface area contributed by atoms with Crippen LogP contribution >= 0.6 is 23.4 Å². The third kappa shape index (κ3) is 4.36. The average molecular weight is 364 g/mol. The van der Waals surface area contributed by atoms with E-state index in [1.165, 1.54) is 11.8 Å². The van der Waals surface area contributed by atoms with Crippen molar-refractivity contribution in [1.82, 2.24) is 5.32 Å². The summed E-state index contributed by atoms with van der Waals surface area (Å²) >= 11 is 7.36. The van der Waals surface area contributed by atoms with Crippen LogP contribution in [0.5, 0.6) is 11.5 Å². The molecule has 1 aliphatic heterocycles. The molecule has 3 rings (SSSR count). The summed E-state index contributed by atoms with van der Waals surface area (Å²) in [5, 5.41) is 3.40. The van der Waals surface area contributed by atoms with Gasteiger partial charge in [0.1, 0.15) is 12.7 Å². The normalized spacial score (nSPS) is 17.2. The zero-order valence-electron chi connectivity index (χ0n) is 13.2. The topological polar surface area (TPSA) is 47.6 Å². The van der Waals surface area contributed by atoms with Gasteiger partial charge >= 0.3 is 0 Å². The monoisotopic (exact) mass is 363 g/mol. The van der Waals surface area contributed by atoms with Crippen LogP contribution in [0.1, 0.15) is 6.92 Å². The van der Waals surface area contributed by atoms with E-state index in [4.69, 9.17) is 21.1 Å². The first kappa shape index (κ1) is 17.0. The Morgan fingerprint density at radius 1 is 1.25 bits per heavy atom. The molecule has 24 heavy (non-hydrogen) atoms. The predicted octanol–water partition coefficient (Wildman–Crippen LogP) is 3.78. The fourth-order valence-corrected chi connectivity index (χ4v) is 3.31. The zero-order valence-corrected chi connectivity index (χ0v) is 14.8. The highest BCUT2D eigenvalue weighted by molar-refractivity contribution is 8.00. The molecule has 2 atom stereocenters. The molecule has 2 unspecified atom stereocenters. The van der Waals surface area contributed by atoms with E-state index in [0.29, 0.717) is 23.9 Å². The lowest BCUT2D eigenvalue weighted by molar-refractivity contribution is -0.120. The summed E-state index contributed by atoms with van der Waals surface area (Å²) in [6.45, 7) is 2.72. The van der Waals surface area contributed by atoms with Crippen molar-refractivity contribution >= 4 is 29.3 Å². The SMILES string of the molecule is CC(Sc1ccc(Cl)cc1)C(=O)NCC1COc2ccccc2O1. The standard InChI is InChI=1S/C18H18ClNO3S/c1-12(24-15-8-6-13(19)7-9-15)18(21)20-10-14-11-22-16-4-2-3-5-17(16)23-14/h2-9,12,14H,10-11H2,1H3,(H,20,21). The van der Waals surface area contributed by atoms with Crippen LogP contribution in [0.15, 0.2) is 53.4 Å². The van der Waals surface area contributed by atoms with E-state index in [1.807, 2.05) is 55.5 Å². The minimum absolute atomic E-state index is 0.0302. The first-order valence-electron chi connectivity index (χ1n) is 7.70. The minimum atomic E-state index is -0.206. The summed E-state index contributed by atoms with van der Waals surface area (Å²) in [5.74, 6) is 1.43. The summed E-state index contributed by atoms with van der Waals surface area (Å²) in [4.78, 5) is 13.3. The molecule has 4 nitrogen and oxygen atoms in total. The van der Waals surface area contributed by atoms with Gasteiger partial charge in [0.25, 0.3) is 0 Å². The predicted molar refractivity (Wildman–Crippen MR) is 96.1 cm³/mol. The second-order valence-corrected chi connectivity index (χ2v) is 7.31. The number of thioether (sulfide) groups is 1. The first-order valence-corrected chi connectivity index (χ1v) is 8.96. The van der Waals surface area contributed by atoms with Crippen molar-refractivity contribution in [3.8, 4) is 11.5 Å². The molecular weight excluding hydrogens is 346 g/mol. The van der Waals surface area contributed by atoms with Crippen molar-refractivity contribution in [2.75, 3.05) is 13.2 Å². The molecule has 2 aromatic rings. The summed E-state index contributed by atoms with van der Waals surface area (Å²) in [6, 6.07) is 15.0. The van der Waals surface area contributed by atoms with E-state index in [-0.39, 0.29) is 17.3 Å². The van der Waals surface area contributed by atoms with Crippen LogP contribution in [-0.2, 0) is 4.79 Å². The van der Waals surface area contributed by atoms with E-state index >= 15 is 0 Å². The second-order valence-electron chi connectivity index (χ2n) is 5.46. The fourth-order valence-electron chi connectivity index (χ4n) is 2.29. The summed E-state index contributed by atoms with van der Waals surface area (Å²) in [7, 11) is 0. The van der Waals surface area contributed by atoms with Crippen molar-refractivity contribution in [3.63, 3.8) is 0 Å². The Morgan fingerprint density at radius 3 is 2.71 bits per heavy atom. The molecule has 0 bridgehead atoms. The number of fused-ring (bicyclic) bond motifs is 1. The molecule has 6 heteroatoms. The number of halogens is 1. The summed E-state index contributed by atoms with van der Waals surface area (Å²) in [5.41, 5.74) is 0. The van der Waals surface area contributed by atoms with E-state index in [0.717, 1.165) is 10.6 Å². The van der Waals surface area contributed by atoms with Gasteiger partial charge in [-0.05, 0) is 43.3 Å². The maximum Gasteiger partial charge on any atom is 0.233 e. The Hall–Kier alpha value is -1.85. The number of para-hydroxylation sites is 2. The largest absolute Gasteiger partial charge is 0.486 e. The van der Waals surface area contributed by atoms with Gasteiger partial charge in [0.15, 0.2) is 11.5 Å². The van der Waals surface area contributed by atoms with Gasteiger partial charge in [-0.3, -0.25) is 4.79 Å². The number of carbonyl (C=O) groups is 1. The number of rotatable bonds is 5. The lowest BCUT2D eigenvalue weighted by Crippen LogP contribution is -2.42. The van der Waals surface area contributed by atoms with Crippen LogP contribution in [-0.4, -0.2) is 30.4 Å². The molecule has 1 heterocycles. The van der Waals surface area contributed by atoms with Gasteiger partial charge in [0, 0.05) is 9.92 Å². The molecule has 0 saturated carbocycles. The van der Waals surface area contributed by atoms with Crippen molar-refractivity contribution in [2.24, 2.45) is 0 Å². The van der Waals surface area contributed by atoms with Gasteiger partial charge in [-0.1, -0.05) is 23.7 Å². The Labute approximate surface area is 150 Å². The van der Waals surface area contributed by atoms with E-state index < -0.39 is 0 Å². The highest BCUT2D eigenvalue weighted by atomic mass is 35.5. The molecule has 126 valence electrons. The van der Waals surface area contributed by atoms with Crippen LogP contribution in [0.3, 0.4) is 0 Å². The maximum absolute atomic E-state index is 12.2. The average Bonchev–Trinajstić information content (AvgIpc) is 2.61. The van der Waals surface area contributed by atoms with Crippen molar-refractivity contribution in [3.05, 3.63) is 53.6 Å². The zero-order chi connectivity index (χ0) is 16.9. The lowest BCUT2D eigenvalue weighted by atomic mass is 10.2. The Balaban J connectivity index is 1.48. The lowest BCUT2D eigenvalue weighted by Gasteiger charge is -2.26. The second kappa shape index (κ2) is 7.81. The molecule has 1 aliphatic rings. The number of ether oxygens (including phenoxy) is 2. The van der Waals surface area contributed by atoms with Crippen molar-refractivity contribution in [2.45, 2.75) is 23.2 Å². The molecule has 1 amide bonds. The Kier molecular flexibility index (Phi) is 5.53. The van der Waals surface area contributed by atoms with Crippen molar-refractivity contribution in [1.29, 1.82) is 0 Å². The maximum atomic E-state index is 12.2. The van der Waals surface area contributed by atoms with Gasteiger partial charge < -0.3 is 14.8 Å². The van der Waals surface area contributed by atoms with Crippen LogP contribution in [0.2, 0.25) is 5.02 Å². The third-order valence-corrected chi connectivity index (χ3v) is 4.93. The van der Waals surface area contributed by atoms with Crippen molar-refractivity contribution < 1.29 is 14.3 Å². The molecular formula is C18H18ClNO3S. The molecule has 1 N–H and O–H groups in total. The van der Waals surface area contributed by atoms with Gasteiger partial charge in [-0.15, -0.1) is 11.8 Å². The van der Waals surface area contributed by atoms with Crippen LogP contribution in [0.4, 0.5) is 0 Å².